The zero-order valence-corrected chi connectivity index (χ0v) is 19.0. The lowest BCUT2D eigenvalue weighted by molar-refractivity contribution is 0.0744. The number of carbonyl (C=O) groups is 1. The molecular weight excluding hydrogens is 392 g/mol. The average molecular weight is 423 g/mol. The minimum atomic E-state index is 0.140. The topological polar surface area (TPSA) is 23.6 Å². The quantitative estimate of drug-likeness (QED) is 0.537. The molecule has 1 amide bonds. The summed E-state index contributed by atoms with van der Waals surface area (Å²) in [4.78, 5) is 17.2. The summed E-state index contributed by atoms with van der Waals surface area (Å²) in [7, 11) is 4.03. The van der Waals surface area contributed by atoms with E-state index < -0.39 is 0 Å². The second-order valence-electron chi connectivity index (χ2n) is 9.03. The third-order valence-corrected chi connectivity index (χ3v) is 6.88. The van der Waals surface area contributed by atoms with Gasteiger partial charge in [0.1, 0.15) is 0 Å². The van der Waals surface area contributed by atoms with E-state index in [0.717, 1.165) is 50.0 Å². The summed E-state index contributed by atoms with van der Waals surface area (Å²) < 4.78 is 0. The molecule has 0 spiro atoms. The molecule has 0 saturated carbocycles. The summed E-state index contributed by atoms with van der Waals surface area (Å²) in [6.45, 7) is 1.55. The van der Waals surface area contributed by atoms with Crippen molar-refractivity contribution in [3.05, 3.63) is 106 Å². The monoisotopic (exact) mass is 422 g/mol. The molecule has 0 bridgehead atoms. The maximum atomic E-state index is 13.1. The number of carbonyl (C=O) groups excluding carboxylic acids is 1. The SMILES string of the molecule is CN(C)c1ccc(C(=O)N2CCC(=C3c4ccccc4CCc4ccccc43)CC2)cc1. The van der Waals surface area contributed by atoms with Gasteiger partial charge in [-0.05, 0) is 77.8 Å². The summed E-state index contributed by atoms with van der Waals surface area (Å²) in [6, 6.07) is 25.7. The molecule has 1 aliphatic heterocycles. The van der Waals surface area contributed by atoms with Crippen LogP contribution in [0.5, 0.6) is 0 Å². The third kappa shape index (κ3) is 3.84. The number of hydrogen-bond donors (Lipinski definition) is 0. The third-order valence-electron chi connectivity index (χ3n) is 6.88. The van der Waals surface area contributed by atoms with Crippen molar-refractivity contribution in [3.8, 4) is 0 Å². The second kappa shape index (κ2) is 8.66. The van der Waals surface area contributed by atoms with Crippen molar-refractivity contribution >= 4 is 17.2 Å². The fraction of sp³-hybridized carbons (Fsp3) is 0.276. The van der Waals surface area contributed by atoms with E-state index in [0.29, 0.717) is 0 Å². The first-order valence-corrected chi connectivity index (χ1v) is 11.6. The van der Waals surface area contributed by atoms with Crippen LogP contribution in [0.4, 0.5) is 5.69 Å². The Bertz CT molecular complexity index is 1110. The van der Waals surface area contributed by atoms with E-state index >= 15 is 0 Å². The number of piperidine rings is 1. The largest absolute Gasteiger partial charge is 0.378 e. The molecule has 0 unspecified atom stereocenters. The fourth-order valence-corrected chi connectivity index (χ4v) is 5.07. The highest BCUT2D eigenvalue weighted by atomic mass is 16.2. The standard InChI is InChI=1S/C29H30N2O/c1-30(2)25-15-13-24(14-16-25)29(32)31-19-17-23(18-20-31)28-26-9-5-3-7-21(26)11-12-22-8-4-6-10-27(22)28/h3-10,13-16H,11-12,17-20H2,1-2H3. The van der Waals surface area contributed by atoms with Crippen molar-refractivity contribution in [3.63, 3.8) is 0 Å². The molecule has 1 heterocycles. The van der Waals surface area contributed by atoms with Crippen molar-refractivity contribution < 1.29 is 4.79 Å². The number of likely N-dealkylation sites (tertiary alicyclic amines) is 1. The van der Waals surface area contributed by atoms with Crippen LogP contribution in [0.2, 0.25) is 0 Å². The molecule has 0 N–H and O–H groups in total. The molecule has 3 nitrogen and oxygen atoms in total. The van der Waals surface area contributed by atoms with Crippen LogP contribution in [0.3, 0.4) is 0 Å². The normalized spacial score (nSPS) is 15.6. The molecule has 3 heteroatoms. The van der Waals surface area contributed by atoms with Gasteiger partial charge >= 0.3 is 0 Å². The van der Waals surface area contributed by atoms with E-state index in [1.54, 1.807) is 0 Å². The van der Waals surface area contributed by atoms with Gasteiger partial charge in [-0.2, -0.15) is 0 Å². The number of hydrogen-bond acceptors (Lipinski definition) is 2. The van der Waals surface area contributed by atoms with Crippen molar-refractivity contribution in [2.75, 3.05) is 32.1 Å². The molecule has 3 aromatic carbocycles. The lowest BCUT2D eigenvalue weighted by atomic mass is 9.86. The molecular formula is C29H30N2O. The molecule has 5 rings (SSSR count). The van der Waals surface area contributed by atoms with E-state index in [1.807, 2.05) is 43.3 Å². The Kier molecular flexibility index (Phi) is 5.57. The van der Waals surface area contributed by atoms with Crippen LogP contribution in [0.15, 0.2) is 78.4 Å². The predicted octanol–water partition coefficient (Wildman–Crippen LogP) is 5.59. The second-order valence-corrected chi connectivity index (χ2v) is 9.03. The number of amides is 1. The maximum Gasteiger partial charge on any atom is 0.253 e. The highest BCUT2D eigenvalue weighted by Crippen LogP contribution is 2.38. The van der Waals surface area contributed by atoms with Gasteiger partial charge in [-0.3, -0.25) is 4.79 Å². The van der Waals surface area contributed by atoms with E-state index in [9.17, 15) is 4.79 Å². The smallest absolute Gasteiger partial charge is 0.253 e. The van der Waals surface area contributed by atoms with E-state index in [1.165, 1.54) is 33.4 Å². The van der Waals surface area contributed by atoms with Crippen LogP contribution in [0.25, 0.3) is 5.57 Å². The molecule has 32 heavy (non-hydrogen) atoms. The predicted molar refractivity (Wildman–Crippen MR) is 132 cm³/mol. The summed E-state index contributed by atoms with van der Waals surface area (Å²) >= 11 is 0. The van der Waals surface area contributed by atoms with Gasteiger partial charge in [0, 0.05) is 38.4 Å². The van der Waals surface area contributed by atoms with Crippen LogP contribution >= 0.6 is 0 Å². The van der Waals surface area contributed by atoms with Gasteiger partial charge in [0.25, 0.3) is 5.91 Å². The van der Waals surface area contributed by atoms with Crippen LogP contribution in [-0.4, -0.2) is 38.0 Å². The van der Waals surface area contributed by atoms with Crippen LogP contribution < -0.4 is 4.90 Å². The van der Waals surface area contributed by atoms with Gasteiger partial charge in [0.05, 0.1) is 0 Å². The van der Waals surface area contributed by atoms with Gasteiger partial charge in [-0.1, -0.05) is 54.1 Å². The van der Waals surface area contributed by atoms with Gasteiger partial charge in [-0.15, -0.1) is 0 Å². The minimum Gasteiger partial charge on any atom is -0.378 e. The lowest BCUT2D eigenvalue weighted by Crippen LogP contribution is -2.36. The Balaban J connectivity index is 1.43. The van der Waals surface area contributed by atoms with Crippen LogP contribution in [-0.2, 0) is 12.8 Å². The number of aryl methyl sites for hydroxylation is 2. The van der Waals surface area contributed by atoms with Crippen LogP contribution in [0.1, 0.15) is 45.5 Å². The van der Waals surface area contributed by atoms with Gasteiger partial charge < -0.3 is 9.80 Å². The molecule has 2 aliphatic rings. The van der Waals surface area contributed by atoms with Crippen molar-refractivity contribution in [1.29, 1.82) is 0 Å². The number of anilines is 1. The van der Waals surface area contributed by atoms with E-state index in [2.05, 4.69) is 53.4 Å². The number of rotatable bonds is 2. The fourth-order valence-electron chi connectivity index (χ4n) is 5.07. The van der Waals surface area contributed by atoms with E-state index in [4.69, 9.17) is 0 Å². The molecule has 0 aromatic heterocycles. The average Bonchev–Trinajstić information content (AvgIpc) is 3.01. The molecule has 0 atom stereocenters. The first-order chi connectivity index (χ1) is 15.6. The lowest BCUT2D eigenvalue weighted by Gasteiger charge is -2.31. The first-order valence-electron chi connectivity index (χ1n) is 11.6. The minimum absolute atomic E-state index is 0.140. The maximum absolute atomic E-state index is 13.1. The van der Waals surface area contributed by atoms with E-state index in [-0.39, 0.29) is 5.91 Å². The Hall–Kier alpha value is -3.33. The zero-order valence-electron chi connectivity index (χ0n) is 19.0. The Labute approximate surface area is 191 Å². The zero-order chi connectivity index (χ0) is 22.1. The van der Waals surface area contributed by atoms with Crippen molar-refractivity contribution in [2.45, 2.75) is 25.7 Å². The summed E-state index contributed by atoms with van der Waals surface area (Å²) in [5.41, 5.74) is 10.4. The summed E-state index contributed by atoms with van der Waals surface area (Å²) in [6.07, 6.45) is 4.02. The number of nitrogens with zero attached hydrogens (tertiary/aromatic N) is 2. The Morgan fingerprint density at radius 2 is 1.25 bits per heavy atom. The van der Waals surface area contributed by atoms with Gasteiger partial charge in [0.2, 0.25) is 0 Å². The Morgan fingerprint density at radius 3 is 1.78 bits per heavy atom. The highest BCUT2D eigenvalue weighted by Gasteiger charge is 2.26. The molecule has 0 radical (unpaired) electrons. The van der Waals surface area contributed by atoms with Gasteiger partial charge in [0.15, 0.2) is 0 Å². The number of fused-ring (bicyclic) bond motifs is 2. The Morgan fingerprint density at radius 1 is 0.719 bits per heavy atom. The number of benzene rings is 3. The van der Waals surface area contributed by atoms with Gasteiger partial charge in [-0.25, -0.2) is 0 Å². The summed E-state index contributed by atoms with van der Waals surface area (Å²) in [5.74, 6) is 0.140. The molecule has 162 valence electrons. The summed E-state index contributed by atoms with van der Waals surface area (Å²) in [5, 5.41) is 0. The highest BCUT2D eigenvalue weighted by molar-refractivity contribution is 5.95. The van der Waals surface area contributed by atoms with Crippen molar-refractivity contribution in [2.24, 2.45) is 0 Å². The van der Waals surface area contributed by atoms with Crippen molar-refractivity contribution in [1.82, 2.24) is 4.90 Å². The molecule has 1 aliphatic carbocycles. The molecule has 3 aromatic rings. The van der Waals surface area contributed by atoms with Crippen LogP contribution in [0, 0.1) is 0 Å². The molecule has 1 fully saturated rings. The molecule has 1 saturated heterocycles. The first kappa shape index (κ1) is 20.6.